The molecule has 1 saturated heterocycles. The Morgan fingerprint density at radius 2 is 1.92 bits per heavy atom. The lowest BCUT2D eigenvalue weighted by Crippen LogP contribution is -2.46. The Bertz CT molecular complexity index is 656. The molecule has 1 saturated carbocycles. The maximum absolute atomic E-state index is 12.4. The van der Waals surface area contributed by atoms with Gasteiger partial charge in [-0.3, -0.25) is 14.5 Å². The van der Waals surface area contributed by atoms with E-state index < -0.39 is 17.8 Å². The molecule has 1 aliphatic carbocycles. The first-order valence-electron chi connectivity index (χ1n) is 8.77. The van der Waals surface area contributed by atoms with Gasteiger partial charge in [-0.25, -0.2) is 0 Å². The number of nitrogens with one attached hydrogen (secondary N) is 1. The number of amides is 1. The van der Waals surface area contributed by atoms with Gasteiger partial charge in [0.05, 0.1) is 6.54 Å². The highest BCUT2D eigenvalue weighted by molar-refractivity contribution is 7.99. The quantitative estimate of drug-likeness (QED) is 0.733. The zero-order chi connectivity index (χ0) is 18.7. The Labute approximate surface area is 155 Å². The second kappa shape index (κ2) is 8.35. The van der Waals surface area contributed by atoms with Gasteiger partial charge in [-0.15, -0.1) is 0 Å². The molecule has 3 atom stereocenters. The largest absolute Gasteiger partial charge is 0.480 e. The first-order chi connectivity index (χ1) is 12.4. The SMILES string of the molecule is O=C(CN1C(C(=O)O)CC2CCCCC21)Nc1ccc(SC(F)F)cc1. The van der Waals surface area contributed by atoms with Crippen LogP contribution in [0, 0.1) is 5.92 Å². The molecular weight excluding hydrogens is 362 g/mol. The standard InChI is InChI=1S/C18H22F2N2O3S/c19-18(20)26-13-7-5-12(6-8-13)21-16(23)10-22-14-4-2-1-3-11(14)9-15(22)17(24)25/h5-8,11,14-15,18H,1-4,9-10H2,(H,21,23)(H,24,25). The molecule has 8 heteroatoms. The summed E-state index contributed by atoms with van der Waals surface area (Å²) in [5.74, 6) is -3.29. The van der Waals surface area contributed by atoms with Gasteiger partial charge < -0.3 is 10.4 Å². The van der Waals surface area contributed by atoms with E-state index in [4.69, 9.17) is 0 Å². The number of hydrogen-bond donors (Lipinski definition) is 2. The molecule has 5 nitrogen and oxygen atoms in total. The van der Waals surface area contributed by atoms with Crippen LogP contribution < -0.4 is 5.32 Å². The van der Waals surface area contributed by atoms with Crippen LogP contribution in [-0.2, 0) is 9.59 Å². The van der Waals surface area contributed by atoms with Gasteiger partial charge in [0.25, 0.3) is 5.76 Å². The van der Waals surface area contributed by atoms with Crippen LogP contribution in [0.3, 0.4) is 0 Å². The highest BCUT2D eigenvalue weighted by Crippen LogP contribution is 2.39. The summed E-state index contributed by atoms with van der Waals surface area (Å²) in [6, 6.07) is 5.74. The fourth-order valence-electron chi connectivity index (χ4n) is 4.11. The van der Waals surface area contributed by atoms with Crippen molar-refractivity contribution in [2.45, 2.75) is 54.8 Å². The normalized spacial score (nSPS) is 25.9. The maximum atomic E-state index is 12.4. The van der Waals surface area contributed by atoms with Crippen LogP contribution in [-0.4, -0.2) is 46.3 Å². The Morgan fingerprint density at radius 1 is 1.23 bits per heavy atom. The Kier molecular flexibility index (Phi) is 6.13. The van der Waals surface area contributed by atoms with Crippen LogP contribution in [0.15, 0.2) is 29.2 Å². The topological polar surface area (TPSA) is 69.6 Å². The number of likely N-dealkylation sites (tertiary alicyclic amines) is 1. The number of carbonyl (C=O) groups is 2. The van der Waals surface area contributed by atoms with Crippen molar-refractivity contribution in [1.29, 1.82) is 0 Å². The third-order valence-electron chi connectivity index (χ3n) is 5.20. The van der Waals surface area contributed by atoms with Crippen molar-refractivity contribution in [2.75, 3.05) is 11.9 Å². The molecule has 0 aromatic heterocycles. The maximum Gasteiger partial charge on any atom is 0.320 e. The van der Waals surface area contributed by atoms with Crippen molar-refractivity contribution in [3.8, 4) is 0 Å². The molecule has 2 aliphatic rings. The predicted octanol–water partition coefficient (Wildman–Crippen LogP) is 3.66. The highest BCUT2D eigenvalue weighted by Gasteiger charge is 2.45. The minimum Gasteiger partial charge on any atom is -0.480 e. The van der Waals surface area contributed by atoms with Crippen LogP contribution >= 0.6 is 11.8 Å². The Hall–Kier alpha value is -1.67. The number of rotatable bonds is 6. The molecule has 2 fully saturated rings. The summed E-state index contributed by atoms with van der Waals surface area (Å²) in [4.78, 5) is 26.2. The van der Waals surface area contributed by atoms with Gasteiger partial charge >= 0.3 is 5.97 Å². The molecule has 0 radical (unpaired) electrons. The van der Waals surface area contributed by atoms with Crippen LogP contribution in [0.1, 0.15) is 32.1 Å². The van der Waals surface area contributed by atoms with Crippen molar-refractivity contribution in [1.82, 2.24) is 4.90 Å². The average Bonchev–Trinajstić information content (AvgIpc) is 2.95. The van der Waals surface area contributed by atoms with Crippen molar-refractivity contribution >= 4 is 29.3 Å². The molecule has 26 heavy (non-hydrogen) atoms. The highest BCUT2D eigenvalue weighted by atomic mass is 32.2. The molecule has 1 aromatic carbocycles. The third kappa shape index (κ3) is 4.54. The Balaban J connectivity index is 1.61. The zero-order valence-corrected chi connectivity index (χ0v) is 15.1. The van der Waals surface area contributed by atoms with Crippen molar-refractivity contribution in [3.05, 3.63) is 24.3 Å². The van der Waals surface area contributed by atoms with Gasteiger partial charge in [-0.2, -0.15) is 8.78 Å². The summed E-state index contributed by atoms with van der Waals surface area (Å²) in [5, 5.41) is 12.2. The van der Waals surface area contributed by atoms with Gasteiger partial charge in [0.2, 0.25) is 5.91 Å². The molecule has 0 bridgehead atoms. The Morgan fingerprint density at radius 3 is 2.58 bits per heavy atom. The number of nitrogens with zero attached hydrogens (tertiary/aromatic N) is 1. The summed E-state index contributed by atoms with van der Waals surface area (Å²) in [6.07, 6.45) is 4.75. The first kappa shape index (κ1) is 19.1. The van der Waals surface area contributed by atoms with E-state index in [2.05, 4.69) is 5.32 Å². The fourth-order valence-corrected chi connectivity index (χ4v) is 4.61. The third-order valence-corrected chi connectivity index (χ3v) is 5.92. The van der Waals surface area contributed by atoms with Crippen molar-refractivity contribution in [2.24, 2.45) is 5.92 Å². The van der Waals surface area contributed by atoms with E-state index in [1.165, 1.54) is 12.1 Å². The molecule has 1 heterocycles. The summed E-state index contributed by atoms with van der Waals surface area (Å²) in [5.41, 5.74) is 0.514. The molecule has 0 spiro atoms. The van der Waals surface area contributed by atoms with E-state index in [0.29, 0.717) is 34.7 Å². The van der Waals surface area contributed by atoms with Gasteiger partial charge in [-0.05, 0) is 49.4 Å². The summed E-state index contributed by atoms with van der Waals surface area (Å²) < 4.78 is 24.7. The number of hydrogen-bond acceptors (Lipinski definition) is 4. The first-order valence-corrected chi connectivity index (χ1v) is 9.65. The van der Waals surface area contributed by atoms with E-state index in [-0.39, 0.29) is 18.5 Å². The summed E-state index contributed by atoms with van der Waals surface area (Å²) >= 11 is 0.449. The van der Waals surface area contributed by atoms with Gasteiger partial charge in [-0.1, -0.05) is 24.6 Å². The minimum absolute atomic E-state index is 0.0334. The minimum atomic E-state index is -2.48. The monoisotopic (exact) mass is 384 g/mol. The van der Waals surface area contributed by atoms with Crippen molar-refractivity contribution in [3.63, 3.8) is 0 Å². The number of thioether (sulfide) groups is 1. The van der Waals surface area contributed by atoms with E-state index in [9.17, 15) is 23.5 Å². The molecule has 3 rings (SSSR count). The number of carboxylic acids is 1. The second-order valence-electron chi connectivity index (χ2n) is 6.83. The number of benzene rings is 1. The van der Waals surface area contributed by atoms with Gasteiger partial charge in [0.15, 0.2) is 0 Å². The second-order valence-corrected chi connectivity index (χ2v) is 7.89. The van der Waals surface area contributed by atoms with Crippen LogP contribution in [0.25, 0.3) is 0 Å². The fraction of sp³-hybridized carbons (Fsp3) is 0.556. The lowest BCUT2D eigenvalue weighted by Gasteiger charge is -2.32. The number of carboxylic acid groups (broad SMARTS) is 1. The zero-order valence-electron chi connectivity index (χ0n) is 14.2. The van der Waals surface area contributed by atoms with Crippen LogP contribution in [0.4, 0.5) is 14.5 Å². The van der Waals surface area contributed by atoms with E-state index in [1.807, 2.05) is 4.90 Å². The van der Waals surface area contributed by atoms with Crippen LogP contribution in [0.5, 0.6) is 0 Å². The predicted molar refractivity (Wildman–Crippen MR) is 95.4 cm³/mol. The number of halogens is 2. The summed E-state index contributed by atoms with van der Waals surface area (Å²) in [7, 11) is 0. The number of alkyl halides is 2. The number of anilines is 1. The van der Waals surface area contributed by atoms with E-state index in [1.54, 1.807) is 12.1 Å². The van der Waals surface area contributed by atoms with Gasteiger partial charge in [0, 0.05) is 16.6 Å². The lowest BCUT2D eigenvalue weighted by atomic mass is 9.85. The molecule has 3 unspecified atom stereocenters. The van der Waals surface area contributed by atoms with Crippen molar-refractivity contribution < 1.29 is 23.5 Å². The smallest absolute Gasteiger partial charge is 0.320 e. The van der Waals surface area contributed by atoms with Gasteiger partial charge in [0.1, 0.15) is 6.04 Å². The number of fused-ring (bicyclic) bond motifs is 1. The van der Waals surface area contributed by atoms with Crippen LogP contribution in [0.2, 0.25) is 0 Å². The molecule has 1 aromatic rings. The number of aliphatic carboxylic acids is 1. The number of carbonyl (C=O) groups excluding carboxylic acids is 1. The lowest BCUT2D eigenvalue weighted by molar-refractivity contribution is -0.143. The molecule has 142 valence electrons. The average molecular weight is 384 g/mol. The molecule has 1 amide bonds. The summed E-state index contributed by atoms with van der Waals surface area (Å²) in [6.45, 7) is 0.0334. The molecule has 1 aliphatic heterocycles. The van der Waals surface area contributed by atoms with E-state index >= 15 is 0 Å². The molecule has 2 N–H and O–H groups in total. The molecular formula is C18H22F2N2O3S. The van der Waals surface area contributed by atoms with E-state index in [0.717, 1.165) is 25.7 Å².